The van der Waals surface area contributed by atoms with Gasteiger partial charge in [0.15, 0.2) is 0 Å². The third-order valence-electron chi connectivity index (χ3n) is 2.18. The van der Waals surface area contributed by atoms with E-state index in [9.17, 15) is 0 Å². The van der Waals surface area contributed by atoms with Crippen molar-refractivity contribution in [3.63, 3.8) is 0 Å². The molecule has 0 aliphatic heterocycles. The van der Waals surface area contributed by atoms with E-state index in [0.29, 0.717) is 13.0 Å². The summed E-state index contributed by atoms with van der Waals surface area (Å²) in [6.45, 7) is 2.85. The predicted octanol–water partition coefficient (Wildman–Crippen LogP) is 0.880. The SMILES string of the molecule is CCc1nc(Cn2cc(CCO)nn2)cs1. The third kappa shape index (κ3) is 2.65. The van der Waals surface area contributed by atoms with Crippen LogP contribution in [0.25, 0.3) is 0 Å². The highest BCUT2D eigenvalue weighted by Crippen LogP contribution is 2.11. The topological polar surface area (TPSA) is 63.8 Å². The Morgan fingerprint density at radius 1 is 1.44 bits per heavy atom. The molecule has 0 atom stereocenters. The summed E-state index contributed by atoms with van der Waals surface area (Å²) in [6.07, 6.45) is 3.37. The van der Waals surface area contributed by atoms with Crippen molar-refractivity contribution in [2.75, 3.05) is 6.61 Å². The number of aromatic nitrogens is 4. The first-order chi connectivity index (χ1) is 7.81. The molecule has 0 aliphatic carbocycles. The van der Waals surface area contributed by atoms with Gasteiger partial charge in [-0.2, -0.15) is 0 Å². The van der Waals surface area contributed by atoms with Crippen LogP contribution in [0.3, 0.4) is 0 Å². The van der Waals surface area contributed by atoms with E-state index in [-0.39, 0.29) is 6.61 Å². The van der Waals surface area contributed by atoms with E-state index in [4.69, 9.17) is 5.11 Å². The Labute approximate surface area is 97.8 Å². The fraction of sp³-hybridized carbons (Fsp3) is 0.500. The average molecular weight is 238 g/mol. The lowest BCUT2D eigenvalue weighted by atomic mass is 10.3. The Hall–Kier alpha value is -1.27. The Balaban J connectivity index is 2.02. The summed E-state index contributed by atoms with van der Waals surface area (Å²) in [7, 11) is 0. The lowest BCUT2D eigenvalue weighted by molar-refractivity contribution is 0.298. The van der Waals surface area contributed by atoms with Crippen molar-refractivity contribution < 1.29 is 5.11 Å². The highest BCUT2D eigenvalue weighted by molar-refractivity contribution is 7.09. The molecule has 0 fully saturated rings. The number of rotatable bonds is 5. The van der Waals surface area contributed by atoms with E-state index in [1.54, 1.807) is 16.0 Å². The van der Waals surface area contributed by atoms with Crippen molar-refractivity contribution in [1.29, 1.82) is 0 Å². The molecular weight excluding hydrogens is 224 g/mol. The maximum atomic E-state index is 8.77. The zero-order valence-corrected chi connectivity index (χ0v) is 9.94. The van der Waals surface area contributed by atoms with Crippen LogP contribution in [-0.2, 0) is 19.4 Å². The van der Waals surface area contributed by atoms with Crippen molar-refractivity contribution in [3.8, 4) is 0 Å². The number of hydrogen-bond donors (Lipinski definition) is 1. The minimum atomic E-state index is 0.107. The molecule has 2 rings (SSSR count). The molecule has 16 heavy (non-hydrogen) atoms. The van der Waals surface area contributed by atoms with Crippen LogP contribution in [-0.4, -0.2) is 31.7 Å². The number of hydrogen-bond acceptors (Lipinski definition) is 5. The molecule has 0 radical (unpaired) electrons. The number of aliphatic hydroxyl groups is 1. The molecular formula is C10H14N4OS. The van der Waals surface area contributed by atoms with Crippen LogP contribution >= 0.6 is 11.3 Å². The van der Waals surface area contributed by atoms with E-state index >= 15 is 0 Å². The normalized spacial score (nSPS) is 10.9. The second kappa shape index (κ2) is 5.18. The molecule has 2 aromatic heterocycles. The van der Waals surface area contributed by atoms with Gasteiger partial charge in [-0.1, -0.05) is 12.1 Å². The Morgan fingerprint density at radius 2 is 2.31 bits per heavy atom. The fourth-order valence-corrected chi connectivity index (χ4v) is 2.13. The van der Waals surface area contributed by atoms with Crippen LogP contribution in [0.4, 0.5) is 0 Å². The third-order valence-corrected chi connectivity index (χ3v) is 3.22. The zero-order valence-electron chi connectivity index (χ0n) is 9.13. The van der Waals surface area contributed by atoms with Gasteiger partial charge in [-0.05, 0) is 6.42 Å². The summed E-state index contributed by atoms with van der Waals surface area (Å²) in [6, 6.07) is 0. The van der Waals surface area contributed by atoms with Crippen LogP contribution in [0.5, 0.6) is 0 Å². The Morgan fingerprint density at radius 3 is 3.00 bits per heavy atom. The second-order valence-corrected chi connectivity index (χ2v) is 4.41. The predicted molar refractivity (Wildman–Crippen MR) is 61.4 cm³/mol. The molecule has 6 heteroatoms. The van der Waals surface area contributed by atoms with Crippen LogP contribution in [0.15, 0.2) is 11.6 Å². The molecule has 0 aliphatic rings. The largest absolute Gasteiger partial charge is 0.396 e. The van der Waals surface area contributed by atoms with Crippen LogP contribution in [0.1, 0.15) is 23.3 Å². The second-order valence-electron chi connectivity index (χ2n) is 3.47. The molecule has 2 aromatic rings. The van der Waals surface area contributed by atoms with Crippen molar-refractivity contribution in [3.05, 3.63) is 28.0 Å². The average Bonchev–Trinajstić information content (AvgIpc) is 2.89. The molecule has 1 N–H and O–H groups in total. The van der Waals surface area contributed by atoms with Gasteiger partial charge in [0, 0.05) is 24.6 Å². The molecule has 0 saturated heterocycles. The van der Waals surface area contributed by atoms with Crippen LogP contribution in [0.2, 0.25) is 0 Å². The molecule has 0 bridgehead atoms. The van der Waals surface area contributed by atoms with Gasteiger partial charge >= 0.3 is 0 Å². The molecule has 0 amide bonds. The van der Waals surface area contributed by atoms with E-state index in [0.717, 1.165) is 22.8 Å². The molecule has 0 aromatic carbocycles. The summed E-state index contributed by atoms with van der Waals surface area (Å²) >= 11 is 1.67. The number of aliphatic hydroxyl groups excluding tert-OH is 1. The van der Waals surface area contributed by atoms with Gasteiger partial charge in [0.2, 0.25) is 0 Å². The quantitative estimate of drug-likeness (QED) is 0.840. The smallest absolute Gasteiger partial charge is 0.0926 e. The molecule has 0 unspecified atom stereocenters. The lowest BCUT2D eigenvalue weighted by Crippen LogP contribution is -2.00. The van der Waals surface area contributed by atoms with Crippen molar-refractivity contribution in [1.82, 2.24) is 20.0 Å². The standard InChI is InChI=1S/C10H14N4OS/c1-2-10-11-9(7-16-10)6-14-5-8(3-4-15)12-13-14/h5,7,15H,2-4,6H2,1H3. The first-order valence-corrected chi connectivity index (χ1v) is 6.13. The zero-order chi connectivity index (χ0) is 11.4. The summed E-state index contributed by atoms with van der Waals surface area (Å²) in [5, 5.41) is 19.9. The maximum Gasteiger partial charge on any atom is 0.0926 e. The number of thiazole rings is 1. The van der Waals surface area contributed by atoms with Gasteiger partial charge in [0.1, 0.15) is 0 Å². The van der Waals surface area contributed by atoms with Gasteiger partial charge in [-0.25, -0.2) is 9.67 Å². The van der Waals surface area contributed by atoms with Crippen molar-refractivity contribution >= 4 is 11.3 Å². The summed E-state index contributed by atoms with van der Waals surface area (Å²) in [4.78, 5) is 4.46. The molecule has 0 saturated carbocycles. The summed E-state index contributed by atoms with van der Waals surface area (Å²) in [5.74, 6) is 0. The monoisotopic (exact) mass is 238 g/mol. The van der Waals surface area contributed by atoms with Crippen molar-refractivity contribution in [2.45, 2.75) is 26.3 Å². The van der Waals surface area contributed by atoms with E-state index in [1.165, 1.54) is 0 Å². The van der Waals surface area contributed by atoms with Gasteiger partial charge in [0.05, 0.1) is 22.9 Å². The van der Waals surface area contributed by atoms with Gasteiger partial charge in [-0.15, -0.1) is 16.4 Å². The van der Waals surface area contributed by atoms with Crippen LogP contribution < -0.4 is 0 Å². The van der Waals surface area contributed by atoms with Gasteiger partial charge in [-0.3, -0.25) is 0 Å². The first-order valence-electron chi connectivity index (χ1n) is 5.25. The molecule has 0 spiro atoms. The van der Waals surface area contributed by atoms with E-state index < -0.39 is 0 Å². The van der Waals surface area contributed by atoms with E-state index in [1.807, 2.05) is 11.6 Å². The Kier molecular flexibility index (Phi) is 3.63. The molecule has 5 nitrogen and oxygen atoms in total. The molecule has 86 valence electrons. The highest BCUT2D eigenvalue weighted by atomic mass is 32.1. The first kappa shape index (κ1) is 11.2. The molecule has 2 heterocycles. The number of aryl methyl sites for hydroxylation is 1. The van der Waals surface area contributed by atoms with Gasteiger partial charge in [0.25, 0.3) is 0 Å². The number of nitrogens with zero attached hydrogens (tertiary/aromatic N) is 4. The minimum absolute atomic E-state index is 0.107. The lowest BCUT2D eigenvalue weighted by Gasteiger charge is -1.94. The minimum Gasteiger partial charge on any atom is -0.396 e. The van der Waals surface area contributed by atoms with Crippen molar-refractivity contribution in [2.24, 2.45) is 0 Å². The fourth-order valence-electron chi connectivity index (χ4n) is 1.39. The Bertz CT molecular complexity index is 451. The summed E-state index contributed by atoms with van der Waals surface area (Å²) in [5.41, 5.74) is 1.83. The highest BCUT2D eigenvalue weighted by Gasteiger charge is 2.04. The van der Waals surface area contributed by atoms with Gasteiger partial charge < -0.3 is 5.11 Å². The maximum absolute atomic E-state index is 8.77. The van der Waals surface area contributed by atoms with E-state index in [2.05, 4.69) is 22.2 Å². The summed E-state index contributed by atoms with van der Waals surface area (Å²) < 4.78 is 1.75. The van der Waals surface area contributed by atoms with Crippen LogP contribution in [0, 0.1) is 0 Å².